The third kappa shape index (κ3) is 3.24. The molecule has 0 atom stereocenters. The number of fused-ring (bicyclic) bond motifs is 1. The lowest BCUT2D eigenvalue weighted by Crippen LogP contribution is -2.34. The van der Waals surface area contributed by atoms with Gasteiger partial charge in [-0.3, -0.25) is 0 Å². The third-order valence-electron chi connectivity index (χ3n) is 3.42. The largest absolute Gasteiger partial charge is 0.330 e. The Hall–Kier alpha value is -1.59. The van der Waals surface area contributed by atoms with E-state index >= 15 is 0 Å². The molecular weight excluding hydrogens is 240 g/mol. The van der Waals surface area contributed by atoms with E-state index in [2.05, 4.69) is 35.2 Å². The second kappa shape index (κ2) is 5.59. The molecule has 104 valence electrons. The summed E-state index contributed by atoms with van der Waals surface area (Å²) in [5, 5.41) is 3.42. The molecule has 0 aliphatic carbocycles. The minimum Gasteiger partial charge on any atom is -0.330 e. The molecule has 0 aliphatic heterocycles. The Morgan fingerprint density at radius 2 is 2.00 bits per heavy atom. The number of hydrogen-bond acceptors (Lipinski definition) is 3. The summed E-state index contributed by atoms with van der Waals surface area (Å²) in [5.41, 5.74) is 8.24. The number of nitrogens with two attached hydrogens (primary N) is 1. The molecule has 1 aromatic carbocycles. The van der Waals surface area contributed by atoms with Gasteiger partial charge in [0.1, 0.15) is 0 Å². The molecule has 1 heterocycles. The predicted octanol–water partition coefficient (Wildman–Crippen LogP) is 1.07. The number of aromatic amines is 2. The van der Waals surface area contributed by atoms with Gasteiger partial charge < -0.3 is 21.0 Å². The van der Waals surface area contributed by atoms with Crippen molar-refractivity contribution >= 4 is 11.0 Å². The Bertz CT molecular complexity index is 597. The van der Waals surface area contributed by atoms with E-state index in [9.17, 15) is 4.79 Å². The van der Waals surface area contributed by atoms with Gasteiger partial charge in [-0.15, -0.1) is 0 Å². The van der Waals surface area contributed by atoms with Gasteiger partial charge in [0.2, 0.25) is 0 Å². The Balaban J connectivity index is 2.14. The van der Waals surface area contributed by atoms with Crippen molar-refractivity contribution in [2.75, 3.05) is 19.6 Å². The third-order valence-corrected chi connectivity index (χ3v) is 3.42. The molecule has 5 N–H and O–H groups in total. The second-order valence-electron chi connectivity index (χ2n) is 5.54. The molecule has 0 saturated heterocycles. The fourth-order valence-electron chi connectivity index (χ4n) is 2.18. The number of H-pyrrole nitrogens is 2. The average Bonchev–Trinajstić information content (AvgIpc) is 2.73. The summed E-state index contributed by atoms with van der Waals surface area (Å²) in [6, 6.07) is 6.05. The van der Waals surface area contributed by atoms with Crippen molar-refractivity contribution in [1.82, 2.24) is 15.3 Å². The zero-order valence-corrected chi connectivity index (χ0v) is 11.5. The van der Waals surface area contributed by atoms with Crippen molar-refractivity contribution in [3.05, 3.63) is 34.2 Å². The fourth-order valence-corrected chi connectivity index (χ4v) is 2.18. The van der Waals surface area contributed by atoms with Crippen LogP contribution in [-0.2, 0) is 5.41 Å². The van der Waals surface area contributed by atoms with E-state index in [0.717, 1.165) is 30.5 Å². The molecule has 0 radical (unpaired) electrons. The zero-order valence-electron chi connectivity index (χ0n) is 11.5. The summed E-state index contributed by atoms with van der Waals surface area (Å²) in [4.78, 5) is 16.8. The van der Waals surface area contributed by atoms with Crippen LogP contribution in [0.5, 0.6) is 0 Å². The highest BCUT2D eigenvalue weighted by Gasteiger charge is 2.20. The molecular formula is C14H22N4O. The predicted molar refractivity (Wildman–Crippen MR) is 78.5 cm³/mol. The van der Waals surface area contributed by atoms with E-state index in [-0.39, 0.29) is 11.1 Å². The summed E-state index contributed by atoms with van der Waals surface area (Å²) in [5.74, 6) is 0. The number of rotatable bonds is 6. The number of hydrogen-bond donors (Lipinski definition) is 4. The van der Waals surface area contributed by atoms with Gasteiger partial charge >= 0.3 is 5.69 Å². The molecule has 0 spiro atoms. The van der Waals surface area contributed by atoms with E-state index in [1.54, 1.807) is 0 Å². The molecule has 0 amide bonds. The normalized spacial score (nSPS) is 12.2. The lowest BCUT2D eigenvalue weighted by molar-refractivity contribution is 0.467. The van der Waals surface area contributed by atoms with E-state index in [4.69, 9.17) is 5.73 Å². The first-order valence-corrected chi connectivity index (χ1v) is 6.66. The average molecular weight is 262 g/mol. The van der Waals surface area contributed by atoms with Crippen LogP contribution in [0.3, 0.4) is 0 Å². The highest BCUT2D eigenvalue weighted by Crippen LogP contribution is 2.24. The molecule has 0 bridgehead atoms. The van der Waals surface area contributed by atoms with Crippen molar-refractivity contribution in [1.29, 1.82) is 0 Å². The van der Waals surface area contributed by atoms with E-state index in [1.807, 2.05) is 12.1 Å². The number of nitrogens with one attached hydrogen (secondary N) is 3. The molecule has 0 unspecified atom stereocenters. The van der Waals surface area contributed by atoms with Crippen LogP contribution in [-0.4, -0.2) is 29.6 Å². The zero-order chi connectivity index (χ0) is 13.9. The molecule has 2 aromatic rings. The monoisotopic (exact) mass is 262 g/mol. The van der Waals surface area contributed by atoms with Crippen LogP contribution < -0.4 is 16.7 Å². The minimum atomic E-state index is -0.161. The Labute approximate surface area is 112 Å². The van der Waals surface area contributed by atoms with Crippen LogP contribution in [0, 0.1) is 0 Å². The Morgan fingerprint density at radius 1 is 1.26 bits per heavy atom. The minimum absolute atomic E-state index is 0.0109. The van der Waals surface area contributed by atoms with Crippen LogP contribution in [0.2, 0.25) is 0 Å². The first-order chi connectivity index (χ1) is 9.03. The van der Waals surface area contributed by atoms with Crippen LogP contribution in [0.25, 0.3) is 11.0 Å². The maximum absolute atomic E-state index is 11.3. The summed E-state index contributed by atoms with van der Waals surface area (Å²) in [7, 11) is 0. The van der Waals surface area contributed by atoms with Crippen molar-refractivity contribution < 1.29 is 0 Å². The van der Waals surface area contributed by atoms with Gasteiger partial charge in [0, 0.05) is 12.0 Å². The molecule has 2 rings (SSSR count). The SMILES string of the molecule is CC(C)(CNCCCN)c1ccc2[nH]c(=O)[nH]c2c1. The van der Waals surface area contributed by atoms with Crippen LogP contribution in [0.4, 0.5) is 0 Å². The molecule has 0 saturated carbocycles. The second-order valence-corrected chi connectivity index (χ2v) is 5.54. The van der Waals surface area contributed by atoms with Crippen LogP contribution >= 0.6 is 0 Å². The quantitative estimate of drug-likeness (QED) is 0.587. The van der Waals surface area contributed by atoms with Crippen LogP contribution in [0.15, 0.2) is 23.0 Å². The van der Waals surface area contributed by atoms with Gasteiger partial charge in [-0.05, 0) is 37.2 Å². The van der Waals surface area contributed by atoms with Crippen molar-refractivity contribution in [2.45, 2.75) is 25.7 Å². The first-order valence-electron chi connectivity index (χ1n) is 6.66. The maximum Gasteiger partial charge on any atom is 0.323 e. The van der Waals surface area contributed by atoms with Gasteiger partial charge in [-0.1, -0.05) is 19.9 Å². The van der Waals surface area contributed by atoms with E-state index in [0.29, 0.717) is 6.54 Å². The fraction of sp³-hybridized carbons (Fsp3) is 0.500. The van der Waals surface area contributed by atoms with Crippen molar-refractivity contribution in [3.8, 4) is 0 Å². The van der Waals surface area contributed by atoms with Crippen molar-refractivity contribution in [2.24, 2.45) is 5.73 Å². The molecule has 0 aliphatic rings. The summed E-state index contributed by atoms with van der Waals surface area (Å²) >= 11 is 0. The lowest BCUT2D eigenvalue weighted by Gasteiger charge is -2.26. The van der Waals surface area contributed by atoms with E-state index in [1.165, 1.54) is 5.56 Å². The highest BCUT2D eigenvalue weighted by atomic mass is 16.1. The molecule has 5 nitrogen and oxygen atoms in total. The maximum atomic E-state index is 11.3. The lowest BCUT2D eigenvalue weighted by atomic mass is 9.84. The Morgan fingerprint density at radius 3 is 2.74 bits per heavy atom. The standard InChI is InChI=1S/C14H22N4O/c1-14(2,9-16-7-3-6-15)10-4-5-11-12(8-10)18-13(19)17-11/h4-5,8,16H,3,6-7,9,15H2,1-2H3,(H2,17,18,19). The summed E-state index contributed by atoms with van der Waals surface area (Å²) < 4.78 is 0. The van der Waals surface area contributed by atoms with E-state index < -0.39 is 0 Å². The summed E-state index contributed by atoms with van der Waals surface area (Å²) in [6.07, 6.45) is 0.986. The molecule has 1 aromatic heterocycles. The van der Waals surface area contributed by atoms with Gasteiger partial charge in [0.15, 0.2) is 0 Å². The van der Waals surface area contributed by atoms with Crippen molar-refractivity contribution in [3.63, 3.8) is 0 Å². The molecule has 0 fully saturated rings. The summed E-state index contributed by atoms with van der Waals surface area (Å²) in [6.45, 7) is 6.91. The Kier molecular flexibility index (Phi) is 4.07. The van der Waals surface area contributed by atoms with Gasteiger partial charge in [0.25, 0.3) is 0 Å². The number of benzene rings is 1. The topological polar surface area (TPSA) is 86.7 Å². The highest BCUT2D eigenvalue weighted by molar-refractivity contribution is 5.75. The molecule has 5 heteroatoms. The molecule has 19 heavy (non-hydrogen) atoms. The van der Waals surface area contributed by atoms with Gasteiger partial charge in [-0.2, -0.15) is 0 Å². The number of aromatic nitrogens is 2. The first kappa shape index (κ1) is 13.8. The van der Waals surface area contributed by atoms with Crippen LogP contribution in [0.1, 0.15) is 25.8 Å². The number of imidazole rings is 1. The van der Waals surface area contributed by atoms with Gasteiger partial charge in [-0.25, -0.2) is 4.79 Å². The van der Waals surface area contributed by atoms with Gasteiger partial charge in [0.05, 0.1) is 11.0 Å². The smallest absolute Gasteiger partial charge is 0.323 e.